The van der Waals surface area contributed by atoms with E-state index in [1.165, 1.54) is 4.74 Å². The topological polar surface area (TPSA) is 38.8 Å². The van der Waals surface area contributed by atoms with Gasteiger partial charge in [-0.05, 0) is 0 Å². The zero-order valence-corrected chi connectivity index (χ0v) is 13.9. The van der Waals surface area contributed by atoms with Gasteiger partial charge in [0.15, 0.2) is 0 Å². The van der Waals surface area contributed by atoms with Gasteiger partial charge >= 0.3 is 60.5 Å². The van der Waals surface area contributed by atoms with E-state index in [4.69, 9.17) is 0 Å². The lowest BCUT2D eigenvalue weighted by Gasteiger charge is -2.50. The predicted molar refractivity (Wildman–Crippen MR) is 54.6 cm³/mol. The van der Waals surface area contributed by atoms with Gasteiger partial charge in [0.25, 0.3) is 0 Å². The van der Waals surface area contributed by atoms with Gasteiger partial charge in [-0.25, -0.2) is 4.74 Å². The second kappa shape index (κ2) is 7.11. The zero-order valence-electron chi connectivity index (χ0n) is 13.9. The summed E-state index contributed by atoms with van der Waals surface area (Å²) >= 11 is 0. The van der Waals surface area contributed by atoms with E-state index in [1.54, 1.807) is 4.74 Å². The van der Waals surface area contributed by atoms with Crippen LogP contribution < -0.4 is 0 Å². The van der Waals surface area contributed by atoms with Crippen molar-refractivity contribution in [1.29, 1.82) is 0 Å². The highest BCUT2D eigenvalue weighted by Crippen LogP contribution is 2.63. The molecule has 1 heterocycles. The summed E-state index contributed by atoms with van der Waals surface area (Å²) in [6, 6.07) is -28.9. The third-order valence-electron chi connectivity index (χ3n) is 3.43. The summed E-state index contributed by atoms with van der Waals surface area (Å²) in [5.41, 5.74) is 0. The molecule has 33 heavy (non-hydrogen) atoms. The highest BCUT2D eigenvalue weighted by molar-refractivity contribution is 5.77. The average Bonchev–Trinajstić information content (AvgIpc) is 2.49. The van der Waals surface area contributed by atoms with Crippen molar-refractivity contribution in [1.82, 2.24) is 4.90 Å². The number of morpholine rings is 1. The first-order chi connectivity index (χ1) is 14.0. The Morgan fingerprint density at radius 2 is 1.03 bits per heavy atom. The van der Waals surface area contributed by atoms with Crippen molar-refractivity contribution in [2.24, 2.45) is 0 Å². The van der Waals surface area contributed by atoms with Crippen molar-refractivity contribution in [2.45, 2.75) is 54.4 Å². The fourth-order valence-electron chi connectivity index (χ4n) is 1.84. The van der Waals surface area contributed by atoms with E-state index in [9.17, 15) is 88.2 Å². The number of alkyl halides is 18. The van der Waals surface area contributed by atoms with Crippen molar-refractivity contribution in [2.75, 3.05) is 0 Å². The normalized spacial score (nSPS) is 25.4. The average molecular weight is 543 g/mol. The molecule has 0 radical (unpaired) electrons. The lowest BCUT2D eigenvalue weighted by atomic mass is 10.1. The maximum atomic E-state index is 13.7. The quantitative estimate of drug-likeness (QED) is 0.261. The molecule has 0 aromatic carbocycles. The Bertz CT molecular complexity index is 763. The maximum Gasteiger partial charge on any atom is 0.459 e. The molecule has 0 aliphatic carbocycles. The lowest BCUT2D eigenvalue weighted by molar-refractivity contribution is -0.601. The number of hydrogen-bond donors (Lipinski definition) is 0. The number of carbonyl (C=O) groups is 1. The first kappa shape index (κ1) is 29.3. The van der Waals surface area contributed by atoms with Gasteiger partial charge in [0.1, 0.15) is 0 Å². The molecule has 1 atom stereocenters. The molecule has 0 bridgehead atoms. The number of hydrogen-bond acceptors (Lipinski definition) is 4. The van der Waals surface area contributed by atoms with Crippen LogP contribution in [-0.2, 0) is 14.3 Å². The zero-order chi connectivity index (χ0) is 27.1. The van der Waals surface area contributed by atoms with E-state index in [-0.39, 0.29) is 0 Å². The van der Waals surface area contributed by atoms with Crippen LogP contribution in [-0.4, -0.2) is 65.4 Å². The van der Waals surface area contributed by atoms with Gasteiger partial charge in [0, 0.05) is 0 Å². The van der Waals surface area contributed by atoms with Crippen LogP contribution in [0.25, 0.3) is 0 Å². The van der Waals surface area contributed by atoms with Crippen LogP contribution in [0.2, 0.25) is 0 Å². The first-order valence-corrected chi connectivity index (χ1v) is 6.78. The van der Waals surface area contributed by atoms with Gasteiger partial charge in [-0.3, -0.25) is 9.53 Å². The van der Waals surface area contributed by atoms with Crippen LogP contribution >= 0.6 is 0 Å². The molecule has 1 fully saturated rings. The van der Waals surface area contributed by atoms with Crippen LogP contribution in [0.1, 0.15) is 0 Å². The van der Waals surface area contributed by atoms with E-state index in [1.807, 2.05) is 0 Å². The summed E-state index contributed by atoms with van der Waals surface area (Å²) in [7, 11) is 0. The van der Waals surface area contributed by atoms with Crippen LogP contribution in [0, 0.1) is 0 Å². The summed E-state index contributed by atoms with van der Waals surface area (Å²) in [6.45, 7) is 0. The van der Waals surface area contributed by atoms with E-state index in [0.29, 0.717) is 0 Å². The van der Waals surface area contributed by atoms with Crippen LogP contribution in [0.3, 0.4) is 0 Å². The standard InChI is InChI=1S/C10F19NO3/c11-1(31)2(12,4(15,16)17)32-8(24,25)3(13,14)5(18,19)30-6(20,21)9(26,27)33-10(28,29)7(30,22)23. The second-order valence-electron chi connectivity index (χ2n) is 5.65. The molecular weight excluding hydrogens is 543 g/mol. The summed E-state index contributed by atoms with van der Waals surface area (Å²) in [5.74, 6) is -15.9. The molecule has 1 aliphatic heterocycles. The minimum atomic E-state index is -8.55. The van der Waals surface area contributed by atoms with Gasteiger partial charge in [0.2, 0.25) is 0 Å². The molecule has 23 heteroatoms. The molecule has 0 aromatic rings. The number of ether oxygens (including phenoxy) is 2. The second-order valence-corrected chi connectivity index (χ2v) is 5.65. The molecule has 0 N–H and O–H groups in total. The van der Waals surface area contributed by atoms with Crippen molar-refractivity contribution >= 4 is 6.04 Å². The SMILES string of the molecule is O=C(F)C(F)(OC(F)(F)C(F)(F)C(F)(F)N1C(F)(F)C(F)(F)OC(F)(F)C1(F)F)C(F)(F)F. The number of rotatable bonds is 6. The Hall–Kier alpha value is -1.78. The van der Waals surface area contributed by atoms with Crippen LogP contribution in [0.4, 0.5) is 83.4 Å². The smallest absolute Gasteiger partial charge is 0.261 e. The van der Waals surface area contributed by atoms with Crippen molar-refractivity contribution in [3.8, 4) is 0 Å². The molecule has 1 unspecified atom stereocenters. The maximum absolute atomic E-state index is 13.7. The molecule has 0 saturated carbocycles. The van der Waals surface area contributed by atoms with Crippen molar-refractivity contribution < 1.29 is 97.7 Å². The third kappa shape index (κ3) is 3.83. The van der Waals surface area contributed by atoms with Crippen molar-refractivity contribution in [3.05, 3.63) is 0 Å². The van der Waals surface area contributed by atoms with E-state index >= 15 is 0 Å². The number of nitrogens with zero attached hydrogens (tertiary/aromatic N) is 1. The molecule has 0 spiro atoms. The molecule has 1 rings (SSSR count). The van der Waals surface area contributed by atoms with Crippen LogP contribution in [0.5, 0.6) is 0 Å². The molecule has 196 valence electrons. The number of halogens is 19. The lowest BCUT2D eigenvalue weighted by Crippen LogP contribution is -2.81. The Morgan fingerprint density at radius 1 is 0.697 bits per heavy atom. The minimum Gasteiger partial charge on any atom is -0.261 e. The molecule has 0 amide bonds. The van der Waals surface area contributed by atoms with Gasteiger partial charge in [-0.1, -0.05) is 4.90 Å². The largest absolute Gasteiger partial charge is 0.459 e. The number of carbonyl (C=O) groups excluding carboxylic acids is 1. The monoisotopic (exact) mass is 543 g/mol. The van der Waals surface area contributed by atoms with Gasteiger partial charge in [-0.15, -0.1) is 0 Å². The highest BCUT2D eigenvalue weighted by Gasteiger charge is 2.92. The fraction of sp³-hybridized carbons (Fsp3) is 0.900. The molecule has 0 aromatic heterocycles. The van der Waals surface area contributed by atoms with Gasteiger partial charge < -0.3 is 0 Å². The van der Waals surface area contributed by atoms with E-state index in [0.717, 1.165) is 0 Å². The Morgan fingerprint density at radius 3 is 1.30 bits per heavy atom. The third-order valence-corrected chi connectivity index (χ3v) is 3.43. The Labute approximate surface area is 164 Å². The van der Waals surface area contributed by atoms with Gasteiger partial charge in [0.05, 0.1) is 0 Å². The highest BCUT2D eigenvalue weighted by atomic mass is 19.4. The van der Waals surface area contributed by atoms with Crippen molar-refractivity contribution in [3.63, 3.8) is 0 Å². The van der Waals surface area contributed by atoms with Gasteiger partial charge in [-0.2, -0.15) is 83.4 Å². The summed E-state index contributed by atoms with van der Waals surface area (Å²) in [4.78, 5) is 5.37. The minimum absolute atomic E-state index is 1.33. The summed E-state index contributed by atoms with van der Waals surface area (Å²) in [5, 5.41) is 0. The Kier molecular flexibility index (Phi) is 6.31. The fourth-order valence-corrected chi connectivity index (χ4v) is 1.84. The van der Waals surface area contributed by atoms with E-state index in [2.05, 4.69) is 0 Å². The predicted octanol–water partition coefficient (Wildman–Crippen LogP) is 5.25. The first-order valence-electron chi connectivity index (χ1n) is 6.78. The van der Waals surface area contributed by atoms with Crippen LogP contribution in [0.15, 0.2) is 0 Å². The summed E-state index contributed by atoms with van der Waals surface area (Å²) < 4.78 is 251. The van der Waals surface area contributed by atoms with E-state index < -0.39 is 65.4 Å². The Balaban J connectivity index is 3.78. The molecule has 1 saturated heterocycles. The molecule has 1 aliphatic rings. The molecular formula is C10F19NO3. The molecule has 4 nitrogen and oxygen atoms in total. The summed E-state index contributed by atoms with van der Waals surface area (Å²) in [6.07, 6.45) is -30.3.